The van der Waals surface area contributed by atoms with E-state index in [4.69, 9.17) is 33.0 Å². The SMILES string of the molecule is [2H]c1c([2H])c([2H])c(-c2cnc(-n3c4ccccc4c4ccc(Oc5cccc(-n6[c-][n+](-c7c(-c8cccc(C(C)(C)C)c8)cccc7-c7c([2H])c(-c8c([2H])c([2H])c([2H])c([2H])c8[2H])c([2H])c(-c8c([2H])c([2H])c([2H])c([2H])c8[2H])c7[2H])c7ccc(-c8c([2H])c([2H])c([2H])c([Si](c9c([2H])c([2H])c([2H])c([2H])c9[2H])(c9c([2H])c([2H])c([2H])c([2H])c9[2H])c9c([2H])c([2H])c([2H])c([2H])c9[2H])c8[2H])cc76)c5)cc43)cc2C([2H])([2H])[2H])c([2H])c1[2H]. The maximum atomic E-state index is 10.9. The Morgan fingerprint density at radius 3 is 1.63 bits per heavy atom. The van der Waals surface area contributed by atoms with Gasteiger partial charge in [0, 0.05) is 32.7 Å². The molecule has 0 N–H and O–H groups in total. The van der Waals surface area contributed by atoms with E-state index in [1.165, 1.54) is 51.6 Å². The molecule has 0 saturated heterocycles. The van der Waals surface area contributed by atoms with Crippen LogP contribution in [0.2, 0.25) is 0 Å². The fourth-order valence-electron chi connectivity index (χ4n) is 12.6. The lowest BCUT2D eigenvalue weighted by atomic mass is 9.84. The van der Waals surface area contributed by atoms with Crippen LogP contribution in [0.1, 0.15) is 86.7 Å². The Hall–Kier alpha value is -12.5. The molecule has 6 heteroatoms. The van der Waals surface area contributed by atoms with E-state index in [1.807, 2.05) is 32.9 Å². The lowest BCUT2D eigenvalue weighted by molar-refractivity contribution is -0.571. The number of aryl methyl sites for hydroxylation is 1. The van der Waals surface area contributed by atoms with Crippen LogP contribution < -0.4 is 30.1 Å². The van der Waals surface area contributed by atoms with E-state index in [1.54, 1.807) is 83.4 Å². The Morgan fingerprint density at radius 1 is 0.416 bits per heavy atom. The Morgan fingerprint density at radius 2 is 0.980 bits per heavy atom. The zero-order chi connectivity index (χ0) is 103. The lowest BCUT2D eigenvalue weighted by Gasteiger charge is -2.34. The summed E-state index contributed by atoms with van der Waals surface area (Å²) >= 11 is 0. The van der Waals surface area contributed by atoms with Crippen molar-refractivity contribution in [1.82, 2.24) is 14.1 Å². The Balaban J connectivity index is 0.998. The smallest absolute Gasteiger partial charge is 0.269 e. The third kappa shape index (κ3) is 11.5. The molecule has 3 heterocycles. The maximum Gasteiger partial charge on any atom is 0.269 e. The van der Waals surface area contributed by atoms with Gasteiger partial charge in [-0.15, -0.1) is 0 Å². The second-order valence-corrected chi connectivity index (χ2v) is 27.7. The second kappa shape index (κ2) is 26.1. The predicted molar refractivity (Wildman–Crippen MR) is 422 cm³/mol. The molecule has 0 amide bonds. The minimum absolute atomic E-state index is 0.00611. The summed E-state index contributed by atoms with van der Waals surface area (Å²) < 4.78 is 385. The van der Waals surface area contributed by atoms with Crippen LogP contribution in [0.3, 0.4) is 0 Å². The molecule has 0 spiro atoms. The highest BCUT2D eigenvalue weighted by Crippen LogP contribution is 2.42. The first-order valence-corrected chi connectivity index (χ1v) is 33.5. The molecule has 0 radical (unpaired) electrons. The summed E-state index contributed by atoms with van der Waals surface area (Å²) in [5.41, 5.74) is -4.55. The van der Waals surface area contributed by atoms with E-state index in [0.29, 0.717) is 27.4 Å². The molecule has 0 aliphatic carbocycles. The van der Waals surface area contributed by atoms with Crippen LogP contribution in [0.25, 0.3) is 117 Å². The molecule has 0 bridgehead atoms. The molecule has 5 nitrogen and oxygen atoms in total. The lowest BCUT2D eigenvalue weighted by Crippen LogP contribution is -2.74. The molecule has 17 rings (SSSR count). The van der Waals surface area contributed by atoms with Gasteiger partial charge in [-0.25, -0.2) is 4.98 Å². The van der Waals surface area contributed by atoms with Gasteiger partial charge in [-0.2, -0.15) is 0 Å². The van der Waals surface area contributed by atoms with Crippen molar-refractivity contribution in [2.45, 2.75) is 33.0 Å². The quantitative estimate of drug-likeness (QED) is 0.0444. The monoisotopic (exact) mass is 1350 g/mol. The third-order valence-corrected chi connectivity index (χ3v) is 21.2. The van der Waals surface area contributed by atoms with Crippen molar-refractivity contribution >= 4 is 61.7 Å². The van der Waals surface area contributed by atoms with Crippen LogP contribution in [0.15, 0.2) is 363 Å². The summed E-state index contributed by atoms with van der Waals surface area (Å²) in [6.07, 6.45) is 4.57. The largest absolute Gasteiger partial charge is 0.458 e. The molecule has 14 aromatic carbocycles. The molecule has 0 aliphatic heterocycles. The standard InChI is InChI=1S/C95H72N4OSi/c1-66-55-93(96-64-88(66)69-33-15-7-16-34-69)99-89-50-24-23-47-86(89)87-53-52-79(63-91(87)99)100-78-39-27-38-77(62-78)97-65-98(90-54-51-71(61-92(90)97)70-35-26-46-83(60-70)101(80-40-17-8-18-41-80,81-42-19-9-20-43-81)82-44-21-10-22-45-82)94-84(72-36-25-37-76(59-72)95(2,3)4)48-28-49-85(94)75-57-73(67-29-11-5-12-30-67)56-74(58-75)68-31-13-6-14-32-68/h5-64H,1-4H3/i1D3,5D,6D,7D,8D,9D,10D,11D,12D,13D,14D,15D,16D,17D,18D,19D,20D,21D,22D,26D,29D,30D,31D,32D,33D,34D,35D,40D,41D,42D,43D,44D,45D,46D,56D,57D,58D,60D. The summed E-state index contributed by atoms with van der Waals surface area (Å²) in [5.74, 6) is 0.137. The highest BCUT2D eigenvalue weighted by molar-refractivity contribution is 7.20. The first-order chi connectivity index (χ1) is 66.2. The number of ether oxygens (including phenoxy) is 1. The fourth-order valence-corrected chi connectivity index (χ4v) is 16.1. The number of imidazole rings is 1. The zero-order valence-electron chi connectivity index (χ0n) is 93.5. The van der Waals surface area contributed by atoms with Crippen molar-refractivity contribution in [2.75, 3.05) is 0 Å². The minimum Gasteiger partial charge on any atom is -0.458 e. The van der Waals surface area contributed by atoms with Gasteiger partial charge in [0.05, 0.1) is 84.2 Å². The summed E-state index contributed by atoms with van der Waals surface area (Å²) in [6.45, 7) is 2.81. The molecular formula is C95H72N4OSi. The second-order valence-electron chi connectivity index (χ2n) is 24.2. The molecular weight excluding hydrogens is 1240 g/mol. The van der Waals surface area contributed by atoms with Gasteiger partial charge in [0.15, 0.2) is 8.07 Å². The van der Waals surface area contributed by atoms with E-state index in [0.717, 1.165) is 11.8 Å². The van der Waals surface area contributed by atoms with E-state index in [2.05, 4.69) is 6.33 Å². The van der Waals surface area contributed by atoms with Gasteiger partial charge >= 0.3 is 0 Å². The van der Waals surface area contributed by atoms with Crippen molar-refractivity contribution in [2.24, 2.45) is 0 Å². The normalized spacial score (nSPS) is 17.5. The van der Waals surface area contributed by atoms with Crippen LogP contribution in [0, 0.1) is 13.2 Å². The number of rotatable bonds is 15. The number of aromatic nitrogens is 4. The minimum atomic E-state index is -6.48. The number of hydrogen-bond acceptors (Lipinski definition) is 2. The summed E-state index contributed by atoms with van der Waals surface area (Å²) in [5, 5.41) is -3.21. The van der Waals surface area contributed by atoms with Crippen molar-refractivity contribution < 1.29 is 64.1 Å². The van der Waals surface area contributed by atoms with E-state index < -0.39 is 309 Å². The highest BCUT2D eigenvalue weighted by atomic mass is 28.3. The zero-order valence-corrected chi connectivity index (χ0v) is 54.5. The van der Waals surface area contributed by atoms with Gasteiger partial charge in [0.1, 0.15) is 17.3 Å². The molecule has 0 atom stereocenters. The average Bonchev–Trinajstić information content (AvgIpc) is 1.68. The first-order valence-electron chi connectivity index (χ1n) is 51.5. The topological polar surface area (TPSA) is 35.9 Å². The van der Waals surface area contributed by atoms with Gasteiger partial charge in [-0.1, -0.05) is 305 Å². The number of para-hydroxylation sites is 2. The predicted octanol–water partition coefficient (Wildman–Crippen LogP) is 21.0. The molecule has 482 valence electrons. The maximum absolute atomic E-state index is 10.9. The van der Waals surface area contributed by atoms with E-state index in [-0.39, 0.29) is 62.0 Å². The van der Waals surface area contributed by atoms with Crippen molar-refractivity contribution in [3.8, 4) is 95.5 Å². The number of benzene rings is 14. The number of pyridine rings is 1. The fraction of sp³-hybridized carbons (Fsp3) is 0.0526. The van der Waals surface area contributed by atoms with Crippen molar-refractivity contribution in [3.05, 3.63) is 381 Å². The number of fused-ring (bicyclic) bond motifs is 4. The van der Waals surface area contributed by atoms with Gasteiger partial charge < -0.3 is 4.74 Å². The van der Waals surface area contributed by atoms with Gasteiger partial charge in [0.25, 0.3) is 6.33 Å². The molecule has 0 saturated carbocycles. The first kappa shape index (κ1) is 32.5. The van der Waals surface area contributed by atoms with Crippen LogP contribution in [0.5, 0.6) is 11.5 Å². The van der Waals surface area contributed by atoms with Crippen LogP contribution >= 0.6 is 0 Å². The van der Waals surface area contributed by atoms with Crippen LogP contribution in [-0.2, 0) is 5.41 Å². The number of hydrogen-bond donors (Lipinski definition) is 0. The van der Waals surface area contributed by atoms with Gasteiger partial charge in [0.2, 0.25) is 0 Å². The average molecular weight is 1350 g/mol. The van der Waals surface area contributed by atoms with Crippen molar-refractivity contribution in [1.29, 1.82) is 0 Å². The van der Waals surface area contributed by atoms with Gasteiger partial charge in [-0.05, 0) is 172 Å². The molecule has 0 fully saturated rings. The third-order valence-electron chi connectivity index (χ3n) is 17.2. The Bertz CT molecular complexity index is 7970. The van der Waals surface area contributed by atoms with Crippen LogP contribution in [0.4, 0.5) is 0 Å². The Kier molecular flexibility index (Phi) is 8.38. The molecule has 101 heavy (non-hydrogen) atoms. The summed E-state index contributed by atoms with van der Waals surface area (Å²) in [7, 11) is -6.48. The highest BCUT2D eigenvalue weighted by Gasteiger charge is 2.41. The summed E-state index contributed by atoms with van der Waals surface area (Å²) in [4.78, 5) is 4.72. The van der Waals surface area contributed by atoms with Crippen molar-refractivity contribution in [3.63, 3.8) is 0 Å². The van der Waals surface area contributed by atoms with Crippen LogP contribution in [-0.4, -0.2) is 22.2 Å². The van der Waals surface area contributed by atoms with Gasteiger partial charge in [-0.3, -0.25) is 13.7 Å². The number of nitrogens with zero attached hydrogens (tertiary/aromatic N) is 4. The van der Waals surface area contributed by atoms with E-state index in [9.17, 15) is 31.5 Å². The molecule has 17 aromatic rings. The molecule has 0 aliphatic rings. The van der Waals surface area contributed by atoms with E-state index >= 15 is 0 Å². The summed E-state index contributed by atoms with van der Waals surface area (Å²) in [6, 6.07) is -3.10. The Labute approximate surface area is 647 Å². The molecule has 3 aromatic heterocycles. The molecule has 0 unspecified atom stereocenters.